The summed E-state index contributed by atoms with van der Waals surface area (Å²) in [5, 5.41) is 2.73. The molecule has 0 aromatic heterocycles. The van der Waals surface area contributed by atoms with Gasteiger partial charge in [-0.3, -0.25) is 5.32 Å². The van der Waals surface area contributed by atoms with Crippen molar-refractivity contribution < 1.29 is 14.3 Å². The molecule has 0 aliphatic carbocycles. The van der Waals surface area contributed by atoms with E-state index >= 15 is 0 Å². The summed E-state index contributed by atoms with van der Waals surface area (Å²) in [6.45, 7) is 6.23. The van der Waals surface area contributed by atoms with Crippen LogP contribution in [0.3, 0.4) is 0 Å². The Morgan fingerprint density at radius 1 is 1.50 bits per heavy atom. The van der Waals surface area contributed by atoms with Gasteiger partial charge in [-0.1, -0.05) is 6.07 Å². The largest absolute Gasteiger partial charge is 0.444 e. The average molecular weight is 314 g/mol. The second-order valence-corrected chi connectivity index (χ2v) is 6.04. The van der Waals surface area contributed by atoms with Crippen molar-refractivity contribution in [2.24, 2.45) is 0 Å². The molecule has 0 saturated carbocycles. The third kappa shape index (κ3) is 3.71. The highest BCUT2D eigenvalue weighted by molar-refractivity contribution is 9.10. The number of carbonyl (C=O) groups is 1. The van der Waals surface area contributed by atoms with E-state index in [1.165, 1.54) is 0 Å². The molecule has 1 aromatic carbocycles. The normalized spacial score (nSPS) is 18.3. The molecular weight excluding hydrogens is 298 g/mol. The smallest absolute Gasteiger partial charge is 0.412 e. The van der Waals surface area contributed by atoms with Crippen LogP contribution in [-0.2, 0) is 9.47 Å². The van der Waals surface area contributed by atoms with E-state index in [9.17, 15) is 4.79 Å². The minimum atomic E-state index is -0.506. The lowest BCUT2D eigenvalue weighted by molar-refractivity contribution is 0.0636. The van der Waals surface area contributed by atoms with Crippen LogP contribution in [-0.4, -0.2) is 18.3 Å². The van der Waals surface area contributed by atoms with Crippen molar-refractivity contribution in [2.75, 3.05) is 11.9 Å². The number of amides is 1. The zero-order valence-corrected chi connectivity index (χ0v) is 12.2. The first kappa shape index (κ1) is 13.4. The van der Waals surface area contributed by atoms with Gasteiger partial charge in [-0.25, -0.2) is 4.79 Å². The van der Waals surface area contributed by atoms with Gasteiger partial charge >= 0.3 is 6.09 Å². The van der Waals surface area contributed by atoms with Gasteiger partial charge in [0.15, 0.2) is 0 Å². The number of rotatable bonds is 2. The molecule has 0 unspecified atom stereocenters. The highest BCUT2D eigenvalue weighted by Gasteiger charge is 2.25. The summed E-state index contributed by atoms with van der Waals surface area (Å²) in [7, 11) is 0. The maximum Gasteiger partial charge on any atom is 0.412 e. The van der Waals surface area contributed by atoms with Gasteiger partial charge in [0, 0.05) is 4.47 Å². The summed E-state index contributed by atoms with van der Waals surface area (Å²) in [4.78, 5) is 11.7. The number of hydrogen-bond donors (Lipinski definition) is 1. The fraction of sp³-hybridized carbons (Fsp3) is 0.462. The standard InChI is InChI=1S/C13H16BrNO3/c1-13(2,3)18-12(16)15-10-6-8(11-7-17-11)4-5-9(10)14/h4-6,11H,7H2,1-3H3,(H,15,16)/t11-/m0/s1. The molecule has 1 heterocycles. The monoisotopic (exact) mass is 313 g/mol. The molecule has 4 nitrogen and oxygen atoms in total. The summed E-state index contributed by atoms with van der Waals surface area (Å²) in [5.74, 6) is 0. The van der Waals surface area contributed by atoms with Gasteiger partial charge in [-0.05, 0) is 54.4 Å². The van der Waals surface area contributed by atoms with Gasteiger partial charge in [0.1, 0.15) is 11.7 Å². The van der Waals surface area contributed by atoms with Crippen molar-refractivity contribution in [1.82, 2.24) is 0 Å². The molecule has 1 aromatic rings. The van der Waals surface area contributed by atoms with Crippen LogP contribution in [0.5, 0.6) is 0 Å². The fourth-order valence-corrected chi connectivity index (χ4v) is 1.84. The van der Waals surface area contributed by atoms with Gasteiger partial charge in [0.05, 0.1) is 12.3 Å². The molecule has 0 spiro atoms. The van der Waals surface area contributed by atoms with Crippen LogP contribution >= 0.6 is 15.9 Å². The molecule has 1 aliphatic heterocycles. The number of anilines is 1. The van der Waals surface area contributed by atoms with Crippen LogP contribution in [0.4, 0.5) is 10.5 Å². The number of carbonyl (C=O) groups excluding carboxylic acids is 1. The highest BCUT2D eigenvalue weighted by atomic mass is 79.9. The molecule has 1 saturated heterocycles. The molecule has 0 radical (unpaired) electrons. The number of benzene rings is 1. The molecule has 0 bridgehead atoms. The molecule has 5 heteroatoms. The van der Waals surface area contributed by atoms with E-state index in [-0.39, 0.29) is 6.10 Å². The lowest BCUT2D eigenvalue weighted by Gasteiger charge is -2.20. The predicted octanol–water partition coefficient (Wildman–Crippen LogP) is 3.87. The second-order valence-electron chi connectivity index (χ2n) is 5.19. The van der Waals surface area contributed by atoms with E-state index in [0.29, 0.717) is 5.69 Å². The maximum absolute atomic E-state index is 11.7. The van der Waals surface area contributed by atoms with Gasteiger partial charge in [-0.15, -0.1) is 0 Å². The molecule has 1 amide bonds. The summed E-state index contributed by atoms with van der Waals surface area (Å²) in [6.07, 6.45) is -0.297. The molecule has 1 atom stereocenters. The average Bonchev–Trinajstić information content (AvgIpc) is 3.01. The highest BCUT2D eigenvalue weighted by Crippen LogP contribution is 2.34. The fourth-order valence-electron chi connectivity index (χ4n) is 1.49. The minimum absolute atomic E-state index is 0.164. The van der Waals surface area contributed by atoms with Gasteiger partial charge in [-0.2, -0.15) is 0 Å². The van der Waals surface area contributed by atoms with Crippen LogP contribution in [0.15, 0.2) is 22.7 Å². The Bertz CT molecular complexity index is 464. The third-order valence-electron chi connectivity index (χ3n) is 2.33. The van der Waals surface area contributed by atoms with Crippen molar-refractivity contribution in [3.8, 4) is 0 Å². The number of halogens is 1. The molecule has 1 N–H and O–H groups in total. The van der Waals surface area contributed by atoms with Crippen LogP contribution in [0.2, 0.25) is 0 Å². The van der Waals surface area contributed by atoms with Crippen LogP contribution in [0.25, 0.3) is 0 Å². The quantitative estimate of drug-likeness (QED) is 0.843. The van der Waals surface area contributed by atoms with E-state index in [0.717, 1.165) is 16.6 Å². The summed E-state index contributed by atoms with van der Waals surface area (Å²) in [5.41, 5.74) is 1.25. The SMILES string of the molecule is CC(C)(C)OC(=O)Nc1cc([C@@H]2CO2)ccc1Br. The first-order valence-electron chi connectivity index (χ1n) is 5.76. The van der Waals surface area contributed by atoms with E-state index < -0.39 is 11.7 Å². The molecule has 98 valence electrons. The molecule has 1 aliphatic rings. The first-order chi connectivity index (χ1) is 8.35. The van der Waals surface area contributed by atoms with E-state index in [1.807, 2.05) is 39.0 Å². The first-order valence-corrected chi connectivity index (χ1v) is 6.55. The zero-order valence-electron chi connectivity index (χ0n) is 10.6. The van der Waals surface area contributed by atoms with E-state index in [2.05, 4.69) is 21.2 Å². The summed E-state index contributed by atoms with van der Waals surface area (Å²) < 4.78 is 11.2. The van der Waals surface area contributed by atoms with Gasteiger partial charge in [0.25, 0.3) is 0 Å². The minimum Gasteiger partial charge on any atom is -0.444 e. The Hall–Kier alpha value is -1.07. The number of epoxide rings is 1. The second kappa shape index (κ2) is 4.90. The Morgan fingerprint density at radius 2 is 2.17 bits per heavy atom. The van der Waals surface area contributed by atoms with Gasteiger partial charge < -0.3 is 9.47 Å². The maximum atomic E-state index is 11.7. The number of ether oxygens (including phenoxy) is 2. The Labute approximate surface area is 115 Å². The lowest BCUT2D eigenvalue weighted by atomic mass is 10.1. The number of nitrogens with one attached hydrogen (secondary N) is 1. The molecule has 1 fully saturated rings. The van der Waals surface area contributed by atoms with E-state index in [1.54, 1.807) is 0 Å². The molecule has 18 heavy (non-hydrogen) atoms. The lowest BCUT2D eigenvalue weighted by Crippen LogP contribution is -2.27. The third-order valence-corrected chi connectivity index (χ3v) is 3.02. The summed E-state index contributed by atoms with van der Waals surface area (Å²) in [6, 6.07) is 5.76. The van der Waals surface area contributed by atoms with Crippen molar-refractivity contribution >= 4 is 27.7 Å². The zero-order chi connectivity index (χ0) is 13.3. The van der Waals surface area contributed by atoms with Gasteiger partial charge in [0.2, 0.25) is 0 Å². The van der Waals surface area contributed by atoms with Crippen LogP contribution in [0.1, 0.15) is 32.4 Å². The summed E-state index contributed by atoms with van der Waals surface area (Å²) >= 11 is 3.40. The predicted molar refractivity (Wildman–Crippen MR) is 72.7 cm³/mol. The Balaban J connectivity index is 2.08. The Morgan fingerprint density at radius 3 is 2.72 bits per heavy atom. The molecule has 2 rings (SSSR count). The number of hydrogen-bond acceptors (Lipinski definition) is 3. The molecular formula is C13H16BrNO3. The van der Waals surface area contributed by atoms with Crippen molar-refractivity contribution in [3.05, 3.63) is 28.2 Å². The van der Waals surface area contributed by atoms with Crippen LogP contribution in [0, 0.1) is 0 Å². The van der Waals surface area contributed by atoms with E-state index in [4.69, 9.17) is 9.47 Å². The topological polar surface area (TPSA) is 50.9 Å². The van der Waals surface area contributed by atoms with Crippen molar-refractivity contribution in [2.45, 2.75) is 32.5 Å². The van der Waals surface area contributed by atoms with Crippen molar-refractivity contribution in [3.63, 3.8) is 0 Å². The van der Waals surface area contributed by atoms with Crippen molar-refractivity contribution in [1.29, 1.82) is 0 Å². The Kier molecular flexibility index (Phi) is 3.64. The van der Waals surface area contributed by atoms with Crippen LogP contribution < -0.4 is 5.32 Å².